The zero-order valence-corrected chi connectivity index (χ0v) is 16.3. The second-order valence-corrected chi connectivity index (χ2v) is 6.53. The maximum absolute atomic E-state index is 11.5. The number of Topliss-reactive ketones (excluding diaryl/α,β-unsaturated/α-hetero) is 1. The van der Waals surface area contributed by atoms with Crippen LogP contribution in [0.4, 0.5) is 0 Å². The predicted molar refractivity (Wildman–Crippen MR) is 100 cm³/mol. The molecule has 1 aliphatic carbocycles. The molecule has 6 heteroatoms. The van der Waals surface area contributed by atoms with Gasteiger partial charge >= 0.3 is 0 Å². The minimum atomic E-state index is -0.345. The van der Waals surface area contributed by atoms with E-state index in [0.29, 0.717) is 51.3 Å². The summed E-state index contributed by atoms with van der Waals surface area (Å²) >= 11 is 0. The molecule has 150 valence electrons. The molecule has 0 heterocycles. The van der Waals surface area contributed by atoms with Crippen molar-refractivity contribution in [2.45, 2.75) is 59.3 Å². The lowest BCUT2D eigenvalue weighted by Gasteiger charge is -2.21. The summed E-state index contributed by atoms with van der Waals surface area (Å²) in [5, 5.41) is 0. The van der Waals surface area contributed by atoms with Crippen molar-refractivity contribution >= 4 is 11.7 Å². The highest BCUT2D eigenvalue weighted by Gasteiger charge is 2.22. The number of rotatable bonds is 12. The van der Waals surface area contributed by atoms with Gasteiger partial charge in [0.1, 0.15) is 5.78 Å². The molecule has 0 bridgehead atoms. The van der Waals surface area contributed by atoms with Crippen molar-refractivity contribution in [3.05, 3.63) is 0 Å². The van der Waals surface area contributed by atoms with Crippen LogP contribution in [0.25, 0.3) is 0 Å². The summed E-state index contributed by atoms with van der Waals surface area (Å²) in [6, 6.07) is 0. The van der Waals surface area contributed by atoms with Crippen LogP contribution in [0.3, 0.4) is 0 Å². The first-order valence-corrected chi connectivity index (χ1v) is 9.54. The molecule has 6 nitrogen and oxygen atoms in total. The van der Waals surface area contributed by atoms with Crippen molar-refractivity contribution in [1.29, 1.82) is 0 Å². The summed E-state index contributed by atoms with van der Waals surface area (Å²) in [6.07, 6.45) is 6.43. The molecule has 0 spiro atoms. The SMILES string of the molecule is CC(C)C(=O)C1CCCCC1.CCOCCOCCOCCC(N)=O.[HH]. The van der Waals surface area contributed by atoms with Crippen LogP contribution >= 0.6 is 0 Å². The van der Waals surface area contributed by atoms with E-state index in [-0.39, 0.29) is 19.7 Å². The number of carbonyl (C=O) groups excluding carboxylic acids is 2. The van der Waals surface area contributed by atoms with Crippen LogP contribution in [0.2, 0.25) is 0 Å². The fourth-order valence-corrected chi connectivity index (χ4v) is 2.62. The number of hydrogen-bond donors (Lipinski definition) is 1. The Bertz CT molecular complexity index is 347. The van der Waals surface area contributed by atoms with Crippen molar-refractivity contribution < 1.29 is 25.2 Å². The Kier molecular flexibility index (Phi) is 15.8. The summed E-state index contributed by atoms with van der Waals surface area (Å²) in [5.74, 6) is 0.800. The van der Waals surface area contributed by atoms with Gasteiger partial charge in [-0.25, -0.2) is 0 Å². The van der Waals surface area contributed by atoms with E-state index in [0.717, 1.165) is 12.8 Å². The van der Waals surface area contributed by atoms with Gasteiger partial charge in [0.05, 0.1) is 33.0 Å². The van der Waals surface area contributed by atoms with Gasteiger partial charge in [0, 0.05) is 26.3 Å². The second kappa shape index (κ2) is 16.5. The Balaban J connectivity index is 0. The van der Waals surface area contributed by atoms with E-state index in [1.165, 1.54) is 19.3 Å². The highest BCUT2D eigenvalue weighted by Crippen LogP contribution is 2.26. The fourth-order valence-electron chi connectivity index (χ4n) is 2.62. The van der Waals surface area contributed by atoms with Gasteiger partial charge in [-0.05, 0) is 19.8 Å². The molecular formula is C19H39NO5. The van der Waals surface area contributed by atoms with Gasteiger partial charge in [0.2, 0.25) is 5.91 Å². The number of amides is 1. The lowest BCUT2D eigenvalue weighted by atomic mass is 9.83. The summed E-state index contributed by atoms with van der Waals surface area (Å²) in [7, 11) is 0. The van der Waals surface area contributed by atoms with Gasteiger partial charge in [0.25, 0.3) is 0 Å². The molecule has 1 saturated carbocycles. The average Bonchev–Trinajstić information content (AvgIpc) is 2.60. The van der Waals surface area contributed by atoms with Gasteiger partial charge in [-0.1, -0.05) is 33.1 Å². The lowest BCUT2D eigenvalue weighted by Crippen LogP contribution is -2.21. The largest absolute Gasteiger partial charge is 0.379 e. The summed E-state index contributed by atoms with van der Waals surface area (Å²) in [4.78, 5) is 21.8. The Morgan fingerprint density at radius 3 is 1.96 bits per heavy atom. The van der Waals surface area contributed by atoms with E-state index < -0.39 is 0 Å². The van der Waals surface area contributed by atoms with Crippen molar-refractivity contribution in [3.63, 3.8) is 0 Å². The normalized spacial score (nSPS) is 14.9. The number of hydrogen-bond acceptors (Lipinski definition) is 5. The van der Waals surface area contributed by atoms with Crippen molar-refractivity contribution in [2.24, 2.45) is 17.6 Å². The highest BCUT2D eigenvalue weighted by atomic mass is 16.5. The molecule has 2 N–H and O–H groups in total. The Morgan fingerprint density at radius 1 is 0.960 bits per heavy atom. The zero-order valence-electron chi connectivity index (χ0n) is 16.3. The Morgan fingerprint density at radius 2 is 1.48 bits per heavy atom. The van der Waals surface area contributed by atoms with Gasteiger partial charge < -0.3 is 19.9 Å². The van der Waals surface area contributed by atoms with E-state index in [1.54, 1.807) is 0 Å². The third kappa shape index (κ3) is 15.0. The van der Waals surface area contributed by atoms with E-state index in [4.69, 9.17) is 19.9 Å². The molecule has 1 rings (SSSR count). The van der Waals surface area contributed by atoms with Crippen LogP contribution < -0.4 is 5.73 Å². The van der Waals surface area contributed by atoms with Gasteiger partial charge in [-0.3, -0.25) is 9.59 Å². The minimum Gasteiger partial charge on any atom is -0.379 e. The molecular weight excluding hydrogens is 322 g/mol. The molecule has 0 atom stereocenters. The first-order chi connectivity index (χ1) is 12.0. The smallest absolute Gasteiger partial charge is 0.219 e. The predicted octanol–water partition coefficient (Wildman–Crippen LogP) is 2.97. The van der Waals surface area contributed by atoms with Crippen LogP contribution in [0, 0.1) is 11.8 Å². The Labute approximate surface area is 154 Å². The molecule has 0 aromatic rings. The van der Waals surface area contributed by atoms with Crippen LogP contribution in [0.15, 0.2) is 0 Å². The van der Waals surface area contributed by atoms with E-state index in [9.17, 15) is 9.59 Å². The third-order valence-corrected chi connectivity index (χ3v) is 4.02. The summed E-state index contributed by atoms with van der Waals surface area (Å²) < 4.78 is 15.3. The summed E-state index contributed by atoms with van der Waals surface area (Å²) in [6.45, 7) is 9.22. The van der Waals surface area contributed by atoms with Crippen LogP contribution in [-0.4, -0.2) is 51.3 Å². The molecule has 1 fully saturated rings. The maximum atomic E-state index is 11.5. The molecule has 0 aliphatic heterocycles. The van der Waals surface area contributed by atoms with Crippen molar-refractivity contribution in [3.8, 4) is 0 Å². The van der Waals surface area contributed by atoms with Crippen molar-refractivity contribution in [2.75, 3.05) is 39.6 Å². The number of ketones is 1. The molecule has 1 aliphatic rings. The maximum Gasteiger partial charge on any atom is 0.219 e. The topological polar surface area (TPSA) is 87.8 Å². The quantitative estimate of drug-likeness (QED) is 0.540. The monoisotopic (exact) mass is 361 g/mol. The molecule has 25 heavy (non-hydrogen) atoms. The highest BCUT2D eigenvalue weighted by molar-refractivity contribution is 5.82. The van der Waals surface area contributed by atoms with E-state index >= 15 is 0 Å². The summed E-state index contributed by atoms with van der Waals surface area (Å²) in [5.41, 5.74) is 4.92. The van der Waals surface area contributed by atoms with Gasteiger partial charge in [-0.2, -0.15) is 0 Å². The lowest BCUT2D eigenvalue weighted by molar-refractivity contribution is -0.126. The number of carbonyl (C=O) groups is 2. The standard InChI is InChI=1S/C10H18O.C9H19NO4.H2/c1-8(2)10(11)9-6-4-3-5-7-9;1-2-12-5-6-14-8-7-13-4-3-9(10)11;/h8-9H,3-7H2,1-2H3;2-8H2,1H3,(H2,10,11);1H. The van der Waals surface area contributed by atoms with Gasteiger partial charge in [-0.15, -0.1) is 0 Å². The Hall–Kier alpha value is -0.980. The zero-order chi connectivity index (χ0) is 18.9. The van der Waals surface area contributed by atoms with Crippen LogP contribution in [0.5, 0.6) is 0 Å². The molecule has 0 radical (unpaired) electrons. The van der Waals surface area contributed by atoms with Gasteiger partial charge in [0.15, 0.2) is 0 Å². The first-order valence-electron chi connectivity index (χ1n) is 9.54. The first kappa shape index (κ1) is 24.0. The molecule has 1 amide bonds. The fraction of sp³-hybridized carbons (Fsp3) is 0.895. The van der Waals surface area contributed by atoms with E-state index in [1.807, 2.05) is 20.8 Å². The minimum absolute atomic E-state index is 0. The molecule has 0 aromatic carbocycles. The van der Waals surface area contributed by atoms with Crippen LogP contribution in [0.1, 0.15) is 60.7 Å². The molecule has 0 unspecified atom stereocenters. The van der Waals surface area contributed by atoms with Crippen molar-refractivity contribution in [1.82, 2.24) is 0 Å². The van der Waals surface area contributed by atoms with E-state index in [2.05, 4.69) is 0 Å². The number of primary amides is 1. The molecule has 0 saturated heterocycles. The molecule has 0 aromatic heterocycles. The number of nitrogens with two attached hydrogens (primary N) is 1. The van der Waals surface area contributed by atoms with Crippen LogP contribution in [-0.2, 0) is 23.8 Å². The number of ether oxygens (including phenoxy) is 3. The third-order valence-electron chi connectivity index (χ3n) is 4.02. The average molecular weight is 362 g/mol. The second-order valence-electron chi connectivity index (χ2n) is 6.53.